The third-order valence-corrected chi connectivity index (χ3v) is 5.17. The number of amides is 1. The smallest absolute Gasteiger partial charge is 0.232 e. The van der Waals surface area contributed by atoms with Crippen molar-refractivity contribution in [3.05, 3.63) is 48.8 Å². The Labute approximate surface area is 139 Å². The molecule has 0 bridgehead atoms. The van der Waals surface area contributed by atoms with Gasteiger partial charge in [-0.05, 0) is 43.0 Å². The van der Waals surface area contributed by atoms with Crippen LogP contribution in [-0.2, 0) is 11.3 Å². The number of piperidine rings is 1. The summed E-state index contributed by atoms with van der Waals surface area (Å²) in [5, 5.41) is 0. The summed E-state index contributed by atoms with van der Waals surface area (Å²) in [5.41, 5.74) is 0. The minimum absolute atomic E-state index is 0.167. The molecule has 6 heteroatoms. The molecule has 1 saturated heterocycles. The summed E-state index contributed by atoms with van der Waals surface area (Å²) < 4.78 is 15.0. The largest absolute Gasteiger partial charge is 0.342 e. The third kappa shape index (κ3) is 4.58. The van der Waals surface area contributed by atoms with Crippen LogP contribution in [0.3, 0.4) is 0 Å². The highest BCUT2D eigenvalue weighted by Gasteiger charge is 2.22. The molecule has 0 aliphatic carbocycles. The Morgan fingerprint density at radius 3 is 2.65 bits per heavy atom. The van der Waals surface area contributed by atoms with Gasteiger partial charge in [0.2, 0.25) is 5.91 Å². The Bertz CT molecular complexity index is 622. The molecule has 1 fully saturated rings. The number of halogens is 1. The van der Waals surface area contributed by atoms with Gasteiger partial charge in [-0.2, -0.15) is 0 Å². The van der Waals surface area contributed by atoms with Crippen LogP contribution in [0, 0.1) is 11.7 Å². The third-order valence-electron chi connectivity index (χ3n) is 4.17. The highest BCUT2D eigenvalue weighted by atomic mass is 32.2. The first kappa shape index (κ1) is 16.1. The molecule has 2 aromatic rings. The van der Waals surface area contributed by atoms with Crippen LogP contribution < -0.4 is 0 Å². The molecule has 122 valence electrons. The van der Waals surface area contributed by atoms with Crippen molar-refractivity contribution in [1.82, 2.24) is 14.5 Å². The number of nitrogens with zero attached hydrogens (tertiary/aromatic N) is 3. The van der Waals surface area contributed by atoms with Gasteiger partial charge in [-0.1, -0.05) is 0 Å². The molecule has 2 heterocycles. The molecule has 0 spiro atoms. The zero-order valence-corrected chi connectivity index (χ0v) is 13.7. The number of imidazole rings is 1. The van der Waals surface area contributed by atoms with Crippen LogP contribution in [0.4, 0.5) is 4.39 Å². The predicted molar refractivity (Wildman–Crippen MR) is 88.7 cm³/mol. The van der Waals surface area contributed by atoms with Gasteiger partial charge in [0, 0.05) is 36.9 Å². The van der Waals surface area contributed by atoms with Crippen LogP contribution in [0.1, 0.15) is 12.8 Å². The molecule has 0 atom stereocenters. The van der Waals surface area contributed by atoms with Crippen LogP contribution in [0.25, 0.3) is 0 Å². The fraction of sp³-hybridized carbons (Fsp3) is 0.412. The van der Waals surface area contributed by atoms with Crippen molar-refractivity contribution < 1.29 is 9.18 Å². The van der Waals surface area contributed by atoms with Crippen molar-refractivity contribution in [3.63, 3.8) is 0 Å². The predicted octanol–water partition coefficient (Wildman–Crippen LogP) is 3.05. The summed E-state index contributed by atoms with van der Waals surface area (Å²) in [7, 11) is 0. The van der Waals surface area contributed by atoms with Crippen LogP contribution in [0.2, 0.25) is 0 Å². The Morgan fingerprint density at radius 1 is 1.26 bits per heavy atom. The van der Waals surface area contributed by atoms with Gasteiger partial charge in [0.15, 0.2) is 0 Å². The number of thioether (sulfide) groups is 1. The Hall–Kier alpha value is -1.82. The van der Waals surface area contributed by atoms with E-state index < -0.39 is 0 Å². The fourth-order valence-electron chi connectivity index (χ4n) is 2.82. The van der Waals surface area contributed by atoms with Crippen molar-refractivity contribution in [2.24, 2.45) is 5.92 Å². The number of aromatic nitrogens is 2. The maximum Gasteiger partial charge on any atom is 0.232 e. The van der Waals surface area contributed by atoms with Crippen LogP contribution in [-0.4, -0.2) is 39.2 Å². The maximum atomic E-state index is 12.9. The monoisotopic (exact) mass is 333 g/mol. The summed E-state index contributed by atoms with van der Waals surface area (Å²) in [6.07, 6.45) is 7.69. The normalized spacial score (nSPS) is 15.8. The molecule has 1 aliphatic rings. The lowest BCUT2D eigenvalue weighted by molar-refractivity contribution is -0.129. The lowest BCUT2D eigenvalue weighted by Gasteiger charge is -2.32. The second-order valence-electron chi connectivity index (χ2n) is 5.83. The summed E-state index contributed by atoms with van der Waals surface area (Å²) >= 11 is 1.47. The number of hydrogen-bond acceptors (Lipinski definition) is 3. The lowest BCUT2D eigenvalue weighted by atomic mass is 9.97. The zero-order chi connectivity index (χ0) is 16.1. The van der Waals surface area contributed by atoms with E-state index in [2.05, 4.69) is 9.55 Å². The van der Waals surface area contributed by atoms with Crippen molar-refractivity contribution in [3.8, 4) is 0 Å². The average molecular weight is 333 g/mol. The van der Waals surface area contributed by atoms with Crippen molar-refractivity contribution in [2.75, 3.05) is 18.8 Å². The molecule has 1 aromatic heterocycles. The van der Waals surface area contributed by atoms with Gasteiger partial charge in [-0.3, -0.25) is 4.79 Å². The van der Waals surface area contributed by atoms with E-state index in [1.54, 1.807) is 18.3 Å². The number of carbonyl (C=O) groups is 1. The molecule has 0 radical (unpaired) electrons. The summed E-state index contributed by atoms with van der Waals surface area (Å²) in [6.45, 7) is 2.62. The molecule has 0 saturated carbocycles. The molecule has 23 heavy (non-hydrogen) atoms. The second-order valence-corrected chi connectivity index (χ2v) is 6.87. The summed E-state index contributed by atoms with van der Waals surface area (Å²) in [6, 6.07) is 6.28. The number of rotatable bonds is 5. The maximum absolute atomic E-state index is 12.9. The minimum Gasteiger partial charge on any atom is -0.342 e. The van der Waals surface area contributed by atoms with Gasteiger partial charge in [-0.15, -0.1) is 11.8 Å². The van der Waals surface area contributed by atoms with Gasteiger partial charge < -0.3 is 9.47 Å². The van der Waals surface area contributed by atoms with E-state index in [4.69, 9.17) is 0 Å². The van der Waals surface area contributed by atoms with Gasteiger partial charge in [0.1, 0.15) is 5.82 Å². The quantitative estimate of drug-likeness (QED) is 0.789. The Balaban J connectivity index is 1.42. The van der Waals surface area contributed by atoms with Crippen LogP contribution in [0.5, 0.6) is 0 Å². The zero-order valence-electron chi connectivity index (χ0n) is 12.9. The highest BCUT2D eigenvalue weighted by molar-refractivity contribution is 8.00. The van der Waals surface area contributed by atoms with Crippen molar-refractivity contribution >= 4 is 17.7 Å². The first-order valence-electron chi connectivity index (χ1n) is 7.82. The number of hydrogen-bond donors (Lipinski definition) is 0. The van der Waals surface area contributed by atoms with E-state index in [-0.39, 0.29) is 11.7 Å². The Kier molecular flexibility index (Phi) is 5.33. The van der Waals surface area contributed by atoms with E-state index in [9.17, 15) is 9.18 Å². The number of likely N-dealkylation sites (tertiary alicyclic amines) is 1. The van der Waals surface area contributed by atoms with E-state index >= 15 is 0 Å². The molecule has 1 aromatic carbocycles. The SMILES string of the molecule is O=C(CSc1ccc(F)cc1)N1CCC(Cn2ccnc2)CC1. The standard InChI is InChI=1S/C17H20FN3OS/c18-15-1-3-16(4-2-15)23-12-17(22)21-8-5-14(6-9-21)11-20-10-7-19-13-20/h1-4,7,10,13-14H,5-6,8-9,11-12H2. The average Bonchev–Trinajstić information content (AvgIpc) is 3.08. The fourth-order valence-corrected chi connectivity index (χ4v) is 3.63. The summed E-state index contributed by atoms with van der Waals surface area (Å²) in [5.74, 6) is 0.941. The van der Waals surface area contributed by atoms with Crippen molar-refractivity contribution in [1.29, 1.82) is 0 Å². The topological polar surface area (TPSA) is 38.1 Å². The molecule has 4 nitrogen and oxygen atoms in total. The molecular weight excluding hydrogens is 313 g/mol. The van der Waals surface area contributed by atoms with Crippen molar-refractivity contribution in [2.45, 2.75) is 24.3 Å². The van der Waals surface area contributed by atoms with E-state index in [1.807, 2.05) is 17.4 Å². The molecule has 1 aliphatic heterocycles. The highest BCUT2D eigenvalue weighted by Crippen LogP contribution is 2.22. The second kappa shape index (κ2) is 7.64. The van der Waals surface area contributed by atoms with Gasteiger partial charge >= 0.3 is 0 Å². The molecule has 0 unspecified atom stereocenters. The molecule has 0 N–H and O–H groups in total. The minimum atomic E-state index is -0.249. The van der Waals surface area contributed by atoms with Crippen LogP contribution >= 0.6 is 11.8 Å². The van der Waals surface area contributed by atoms with E-state index in [0.717, 1.165) is 37.4 Å². The Morgan fingerprint density at radius 2 is 2.00 bits per heavy atom. The molecule has 1 amide bonds. The number of carbonyl (C=O) groups excluding carboxylic acids is 1. The van der Waals surface area contributed by atoms with E-state index in [1.165, 1.54) is 23.9 Å². The van der Waals surface area contributed by atoms with E-state index in [0.29, 0.717) is 11.7 Å². The van der Waals surface area contributed by atoms with Crippen LogP contribution in [0.15, 0.2) is 47.9 Å². The molecule has 3 rings (SSSR count). The van der Waals surface area contributed by atoms with Gasteiger partial charge in [0.05, 0.1) is 12.1 Å². The van der Waals surface area contributed by atoms with Gasteiger partial charge in [-0.25, -0.2) is 9.37 Å². The van der Waals surface area contributed by atoms with Gasteiger partial charge in [0.25, 0.3) is 0 Å². The summed E-state index contributed by atoms with van der Waals surface area (Å²) in [4.78, 5) is 19.2. The lowest BCUT2D eigenvalue weighted by Crippen LogP contribution is -2.40. The first-order valence-corrected chi connectivity index (χ1v) is 8.81. The first-order chi connectivity index (χ1) is 11.2. The number of benzene rings is 1. The molecular formula is C17H20FN3OS.